The van der Waals surface area contributed by atoms with Crippen molar-refractivity contribution in [3.05, 3.63) is 58.5 Å². The molecule has 0 saturated carbocycles. The Bertz CT molecular complexity index is 1070. The molecule has 4 rings (SSSR count). The Morgan fingerprint density at radius 3 is 2.93 bits per heavy atom. The molecule has 1 fully saturated rings. The lowest BCUT2D eigenvalue weighted by molar-refractivity contribution is -0.130. The van der Waals surface area contributed by atoms with E-state index in [1.165, 1.54) is 6.33 Å². The fourth-order valence-electron chi connectivity index (χ4n) is 3.85. The number of aliphatic hydroxyl groups is 1. The maximum atomic E-state index is 12.6. The molecule has 0 radical (unpaired) electrons. The van der Waals surface area contributed by atoms with Gasteiger partial charge in [0.25, 0.3) is 5.56 Å². The molecule has 3 aromatic rings. The number of carbonyl (C=O) groups excluding carboxylic acids is 1. The van der Waals surface area contributed by atoms with Gasteiger partial charge in [-0.1, -0.05) is 17.3 Å². The quantitative estimate of drug-likeness (QED) is 0.678. The lowest BCUT2D eigenvalue weighted by atomic mass is 10.0. The number of likely N-dealkylation sites (tertiary alicyclic amines) is 1. The second-order valence-electron chi connectivity index (χ2n) is 7.63. The highest BCUT2D eigenvalue weighted by Gasteiger charge is 2.34. The number of hydrogen-bond donors (Lipinski definition) is 1. The minimum Gasteiger partial charge on any atom is -0.391 e. The molecule has 0 bridgehead atoms. The number of aliphatic hydroxyl groups excluding tert-OH is 1. The lowest BCUT2D eigenvalue weighted by Crippen LogP contribution is -2.30. The molecule has 1 amide bonds. The number of β-amino-alcohol motifs (C(OH)–C–C–N with tert-alkyl or cyclic N) is 1. The van der Waals surface area contributed by atoms with E-state index in [1.807, 2.05) is 25.1 Å². The highest BCUT2D eigenvalue weighted by Crippen LogP contribution is 2.23. The molecule has 0 spiro atoms. The summed E-state index contributed by atoms with van der Waals surface area (Å²) in [6.45, 7) is 3.11. The third-order valence-corrected chi connectivity index (χ3v) is 5.42. The van der Waals surface area contributed by atoms with Gasteiger partial charge in [0.2, 0.25) is 5.91 Å². The van der Waals surface area contributed by atoms with Crippen molar-refractivity contribution in [2.24, 2.45) is 5.92 Å². The predicted molar refractivity (Wildman–Crippen MR) is 106 cm³/mol. The second-order valence-corrected chi connectivity index (χ2v) is 7.63. The first kappa shape index (κ1) is 19.3. The molecule has 1 aromatic carbocycles. The predicted octanol–water partition coefficient (Wildman–Crippen LogP) is 1.54. The van der Waals surface area contributed by atoms with Crippen molar-refractivity contribution in [2.75, 3.05) is 13.1 Å². The van der Waals surface area contributed by atoms with Crippen LogP contribution in [0.25, 0.3) is 10.9 Å². The Balaban J connectivity index is 1.31. The zero-order valence-corrected chi connectivity index (χ0v) is 16.3. The molecular weight excluding hydrogens is 372 g/mol. The van der Waals surface area contributed by atoms with Crippen molar-refractivity contribution in [3.63, 3.8) is 0 Å². The fraction of sp³-hybridized carbons (Fsp3) is 0.429. The number of fused-ring (bicyclic) bond motifs is 1. The molecule has 1 saturated heterocycles. The number of hydrogen-bond acceptors (Lipinski definition) is 6. The van der Waals surface area contributed by atoms with Gasteiger partial charge in [-0.2, -0.15) is 0 Å². The van der Waals surface area contributed by atoms with E-state index in [1.54, 1.807) is 21.6 Å². The number of aryl methyl sites for hydroxylation is 2. The monoisotopic (exact) mass is 396 g/mol. The van der Waals surface area contributed by atoms with E-state index in [4.69, 9.17) is 4.52 Å². The van der Waals surface area contributed by atoms with E-state index in [-0.39, 0.29) is 17.4 Å². The van der Waals surface area contributed by atoms with Crippen LogP contribution in [0.3, 0.4) is 0 Å². The van der Waals surface area contributed by atoms with E-state index in [0.717, 1.165) is 11.5 Å². The molecule has 8 nitrogen and oxygen atoms in total. The molecule has 0 aliphatic carbocycles. The van der Waals surface area contributed by atoms with Gasteiger partial charge in [0.05, 0.1) is 29.0 Å². The van der Waals surface area contributed by atoms with Crippen LogP contribution in [0.2, 0.25) is 0 Å². The molecule has 2 aromatic heterocycles. The normalized spacial score (nSPS) is 19.2. The molecule has 0 unspecified atom stereocenters. The zero-order chi connectivity index (χ0) is 20.4. The van der Waals surface area contributed by atoms with Crippen LogP contribution in [0.5, 0.6) is 0 Å². The molecule has 152 valence electrons. The summed E-state index contributed by atoms with van der Waals surface area (Å²) in [5.41, 5.74) is 1.38. The number of rotatable bonds is 6. The minimum absolute atomic E-state index is 0.0119. The number of aromatic nitrogens is 3. The van der Waals surface area contributed by atoms with Crippen molar-refractivity contribution < 1.29 is 14.4 Å². The van der Waals surface area contributed by atoms with Crippen molar-refractivity contribution in [3.8, 4) is 0 Å². The summed E-state index contributed by atoms with van der Waals surface area (Å²) in [7, 11) is 0. The number of benzene rings is 1. The number of carbonyl (C=O) groups is 1. The van der Waals surface area contributed by atoms with E-state index in [9.17, 15) is 14.7 Å². The molecule has 3 heterocycles. The molecular formula is C21H24N4O4. The Labute approximate surface area is 167 Å². The van der Waals surface area contributed by atoms with Crippen LogP contribution in [-0.2, 0) is 17.8 Å². The van der Waals surface area contributed by atoms with Gasteiger partial charge in [-0.25, -0.2) is 4.98 Å². The summed E-state index contributed by atoms with van der Waals surface area (Å²) in [4.78, 5) is 31.1. The standard InChI is InChI=1S/C21H24N4O4/c1-14-9-16(29-23-14)10-15-11-25(12-19(15)26)20(27)7-4-8-24-13-22-18-6-3-2-5-17(18)21(24)28/h2-3,5-6,9,13,15,19,26H,4,7-8,10-12H2,1H3/t15-,19+/m1/s1. The number of para-hydroxylation sites is 1. The zero-order valence-electron chi connectivity index (χ0n) is 16.3. The van der Waals surface area contributed by atoms with Crippen LogP contribution < -0.4 is 5.56 Å². The summed E-state index contributed by atoms with van der Waals surface area (Å²) in [6.07, 6.45) is 2.38. The average molecular weight is 396 g/mol. The van der Waals surface area contributed by atoms with Gasteiger partial charge in [0, 0.05) is 44.5 Å². The van der Waals surface area contributed by atoms with Crippen LogP contribution in [0.15, 0.2) is 46.0 Å². The fourth-order valence-corrected chi connectivity index (χ4v) is 3.85. The van der Waals surface area contributed by atoms with Gasteiger partial charge in [-0.3, -0.25) is 14.2 Å². The van der Waals surface area contributed by atoms with Crippen molar-refractivity contribution >= 4 is 16.8 Å². The largest absolute Gasteiger partial charge is 0.391 e. The van der Waals surface area contributed by atoms with Crippen LogP contribution in [0.4, 0.5) is 0 Å². The molecule has 1 N–H and O–H groups in total. The van der Waals surface area contributed by atoms with Crippen LogP contribution in [-0.4, -0.2) is 49.8 Å². The van der Waals surface area contributed by atoms with Gasteiger partial charge in [0.1, 0.15) is 5.76 Å². The first-order chi connectivity index (χ1) is 14.0. The Kier molecular flexibility index (Phi) is 5.44. The highest BCUT2D eigenvalue weighted by atomic mass is 16.5. The maximum Gasteiger partial charge on any atom is 0.261 e. The first-order valence-corrected chi connectivity index (χ1v) is 9.83. The van der Waals surface area contributed by atoms with Crippen molar-refractivity contribution in [1.82, 2.24) is 19.6 Å². The minimum atomic E-state index is -0.573. The van der Waals surface area contributed by atoms with E-state index < -0.39 is 6.10 Å². The highest BCUT2D eigenvalue weighted by molar-refractivity contribution is 5.77. The molecule has 1 aliphatic rings. The molecule has 1 aliphatic heterocycles. The topological polar surface area (TPSA) is 101 Å². The second kappa shape index (κ2) is 8.16. The van der Waals surface area contributed by atoms with Gasteiger partial charge in [0.15, 0.2) is 0 Å². The van der Waals surface area contributed by atoms with Crippen LogP contribution in [0.1, 0.15) is 24.3 Å². The summed E-state index contributed by atoms with van der Waals surface area (Å²) in [6, 6.07) is 9.08. The summed E-state index contributed by atoms with van der Waals surface area (Å²) >= 11 is 0. The van der Waals surface area contributed by atoms with Crippen LogP contribution >= 0.6 is 0 Å². The average Bonchev–Trinajstić information content (AvgIpc) is 3.29. The van der Waals surface area contributed by atoms with E-state index in [0.29, 0.717) is 49.8 Å². The summed E-state index contributed by atoms with van der Waals surface area (Å²) in [5, 5.41) is 14.7. The molecule has 8 heteroatoms. The van der Waals surface area contributed by atoms with Crippen molar-refractivity contribution in [1.29, 1.82) is 0 Å². The first-order valence-electron chi connectivity index (χ1n) is 9.83. The van der Waals surface area contributed by atoms with Crippen molar-refractivity contribution in [2.45, 2.75) is 38.8 Å². The lowest BCUT2D eigenvalue weighted by Gasteiger charge is -2.16. The van der Waals surface area contributed by atoms with E-state index in [2.05, 4.69) is 10.1 Å². The van der Waals surface area contributed by atoms with Gasteiger partial charge in [-0.05, 0) is 25.5 Å². The van der Waals surface area contributed by atoms with E-state index >= 15 is 0 Å². The summed E-state index contributed by atoms with van der Waals surface area (Å²) < 4.78 is 6.77. The smallest absolute Gasteiger partial charge is 0.261 e. The Morgan fingerprint density at radius 1 is 1.31 bits per heavy atom. The number of nitrogens with zero attached hydrogens (tertiary/aromatic N) is 4. The van der Waals surface area contributed by atoms with Gasteiger partial charge in [-0.15, -0.1) is 0 Å². The SMILES string of the molecule is Cc1cc(C[C@@H]2CN(C(=O)CCCn3cnc4ccccc4c3=O)C[C@@H]2O)on1. The maximum absolute atomic E-state index is 12.6. The Morgan fingerprint density at radius 2 is 2.14 bits per heavy atom. The third kappa shape index (κ3) is 4.22. The molecule has 2 atom stereocenters. The van der Waals surface area contributed by atoms with Gasteiger partial charge < -0.3 is 14.5 Å². The Hall–Kier alpha value is -3.00. The summed E-state index contributed by atoms with van der Waals surface area (Å²) in [5.74, 6) is 0.657. The third-order valence-electron chi connectivity index (χ3n) is 5.42. The number of amides is 1. The van der Waals surface area contributed by atoms with Gasteiger partial charge >= 0.3 is 0 Å². The molecule has 29 heavy (non-hydrogen) atoms. The van der Waals surface area contributed by atoms with Crippen LogP contribution in [0, 0.1) is 12.8 Å².